The Morgan fingerprint density at radius 1 is 1.42 bits per heavy atom. The van der Waals surface area contributed by atoms with Crippen LogP contribution in [0.25, 0.3) is 0 Å². The third-order valence-electron chi connectivity index (χ3n) is 3.87. The summed E-state index contributed by atoms with van der Waals surface area (Å²) in [6.45, 7) is 1.83. The van der Waals surface area contributed by atoms with E-state index in [1.165, 1.54) is 18.6 Å². The number of rotatable bonds is 3. The predicted octanol–water partition coefficient (Wildman–Crippen LogP) is 3.82. The lowest BCUT2D eigenvalue weighted by molar-refractivity contribution is 0.0910. The van der Waals surface area contributed by atoms with Gasteiger partial charge in [0.25, 0.3) is 5.91 Å². The molecular weight excluding hydrogens is 309 g/mol. The molecule has 1 saturated carbocycles. The molecule has 0 bridgehead atoms. The first-order valence-electron chi connectivity index (χ1n) is 6.75. The fourth-order valence-electron chi connectivity index (χ4n) is 2.67. The summed E-state index contributed by atoms with van der Waals surface area (Å²) >= 11 is 3.51. The number of hydrogen-bond acceptors (Lipinski definition) is 1. The van der Waals surface area contributed by atoms with Gasteiger partial charge in [-0.05, 0) is 43.4 Å². The van der Waals surface area contributed by atoms with E-state index in [1.54, 1.807) is 6.07 Å². The van der Waals surface area contributed by atoms with E-state index in [9.17, 15) is 9.18 Å². The minimum atomic E-state index is -0.364. The molecule has 1 fully saturated rings. The highest BCUT2D eigenvalue weighted by atomic mass is 79.9. The molecule has 0 aromatic heterocycles. The van der Waals surface area contributed by atoms with Gasteiger partial charge in [-0.1, -0.05) is 34.8 Å². The second kappa shape index (κ2) is 6.51. The van der Waals surface area contributed by atoms with Gasteiger partial charge >= 0.3 is 0 Å². The maximum Gasteiger partial charge on any atom is 0.251 e. The van der Waals surface area contributed by atoms with Crippen LogP contribution in [-0.2, 0) is 0 Å². The summed E-state index contributed by atoms with van der Waals surface area (Å²) in [5, 5.41) is 3.97. The molecule has 0 saturated heterocycles. The van der Waals surface area contributed by atoms with E-state index in [0.29, 0.717) is 11.5 Å². The third-order valence-corrected chi connectivity index (χ3v) is 4.70. The number of carbonyl (C=O) groups is 1. The molecule has 0 aliphatic heterocycles. The van der Waals surface area contributed by atoms with Crippen LogP contribution in [0.4, 0.5) is 4.39 Å². The Kier molecular flexibility index (Phi) is 4.97. The van der Waals surface area contributed by atoms with E-state index in [1.807, 2.05) is 6.92 Å². The second-order valence-corrected chi connectivity index (χ2v) is 5.89. The highest BCUT2D eigenvalue weighted by molar-refractivity contribution is 9.09. The normalized spacial score (nSPS) is 23.1. The summed E-state index contributed by atoms with van der Waals surface area (Å²) in [7, 11) is 0. The predicted molar refractivity (Wildman–Crippen MR) is 78.1 cm³/mol. The molecule has 0 radical (unpaired) electrons. The number of hydrogen-bond donors (Lipinski definition) is 1. The Balaban J connectivity index is 2.09. The minimum absolute atomic E-state index is 0.158. The zero-order valence-electron chi connectivity index (χ0n) is 11.1. The summed E-state index contributed by atoms with van der Waals surface area (Å²) in [5.41, 5.74) is 1.25. The second-order valence-electron chi connectivity index (χ2n) is 5.24. The average molecular weight is 328 g/mol. The van der Waals surface area contributed by atoms with Crippen molar-refractivity contribution in [3.63, 3.8) is 0 Å². The first kappa shape index (κ1) is 14.5. The molecule has 1 amide bonds. The van der Waals surface area contributed by atoms with Crippen molar-refractivity contribution in [1.29, 1.82) is 0 Å². The van der Waals surface area contributed by atoms with E-state index in [0.717, 1.165) is 30.2 Å². The van der Waals surface area contributed by atoms with Gasteiger partial charge in [0.15, 0.2) is 0 Å². The molecule has 4 heteroatoms. The number of halogens is 2. The van der Waals surface area contributed by atoms with E-state index in [4.69, 9.17) is 0 Å². The molecule has 1 aliphatic rings. The van der Waals surface area contributed by atoms with Crippen LogP contribution in [0, 0.1) is 18.7 Å². The number of amides is 1. The van der Waals surface area contributed by atoms with Crippen LogP contribution >= 0.6 is 15.9 Å². The first-order chi connectivity index (χ1) is 9.11. The number of alkyl halides is 1. The van der Waals surface area contributed by atoms with Gasteiger partial charge in [0.1, 0.15) is 5.82 Å². The minimum Gasteiger partial charge on any atom is -0.349 e. The van der Waals surface area contributed by atoms with Crippen LogP contribution in [0.3, 0.4) is 0 Å². The molecule has 1 aliphatic carbocycles. The molecule has 0 spiro atoms. The van der Waals surface area contributed by atoms with Crippen LogP contribution in [0.1, 0.15) is 41.6 Å². The van der Waals surface area contributed by atoms with Gasteiger partial charge in [-0.15, -0.1) is 0 Å². The SMILES string of the molecule is Cc1ccc(F)cc1C(=O)NC1CCCCC1CBr. The highest BCUT2D eigenvalue weighted by Crippen LogP contribution is 2.26. The Bertz CT molecular complexity index is 463. The van der Waals surface area contributed by atoms with Gasteiger partial charge in [-0.25, -0.2) is 4.39 Å². The molecule has 1 aromatic carbocycles. The summed E-state index contributed by atoms with van der Waals surface area (Å²) < 4.78 is 13.2. The van der Waals surface area contributed by atoms with E-state index >= 15 is 0 Å². The number of carbonyl (C=O) groups excluding carboxylic acids is 1. The van der Waals surface area contributed by atoms with Gasteiger partial charge in [-0.2, -0.15) is 0 Å². The van der Waals surface area contributed by atoms with Crippen LogP contribution < -0.4 is 5.32 Å². The molecular formula is C15H19BrFNO. The molecule has 1 N–H and O–H groups in total. The number of benzene rings is 1. The van der Waals surface area contributed by atoms with Crippen molar-refractivity contribution < 1.29 is 9.18 Å². The van der Waals surface area contributed by atoms with Gasteiger partial charge < -0.3 is 5.32 Å². The highest BCUT2D eigenvalue weighted by Gasteiger charge is 2.26. The lowest BCUT2D eigenvalue weighted by Gasteiger charge is -2.31. The quantitative estimate of drug-likeness (QED) is 0.840. The maximum atomic E-state index is 13.2. The number of aryl methyl sites for hydroxylation is 1. The average Bonchev–Trinajstić information content (AvgIpc) is 2.42. The van der Waals surface area contributed by atoms with E-state index < -0.39 is 0 Å². The molecule has 2 unspecified atom stereocenters. The van der Waals surface area contributed by atoms with Crippen molar-refractivity contribution in [3.8, 4) is 0 Å². The standard InChI is InChI=1S/C15H19BrFNO/c1-10-6-7-12(17)8-13(10)15(19)18-14-5-3-2-4-11(14)9-16/h6-8,11,14H,2-5,9H2,1H3,(H,18,19). The third kappa shape index (κ3) is 3.56. The van der Waals surface area contributed by atoms with Gasteiger partial charge in [0, 0.05) is 16.9 Å². The Morgan fingerprint density at radius 2 is 2.16 bits per heavy atom. The van der Waals surface area contributed by atoms with Crippen molar-refractivity contribution in [1.82, 2.24) is 5.32 Å². The first-order valence-corrected chi connectivity index (χ1v) is 7.87. The zero-order valence-corrected chi connectivity index (χ0v) is 12.7. The lowest BCUT2D eigenvalue weighted by Crippen LogP contribution is -2.43. The largest absolute Gasteiger partial charge is 0.349 e. The summed E-state index contributed by atoms with van der Waals surface area (Å²) in [6.07, 6.45) is 4.52. The van der Waals surface area contributed by atoms with Crippen LogP contribution in [0.2, 0.25) is 0 Å². The summed E-state index contributed by atoms with van der Waals surface area (Å²) in [6, 6.07) is 4.54. The van der Waals surface area contributed by atoms with Gasteiger partial charge in [0.05, 0.1) is 0 Å². The van der Waals surface area contributed by atoms with Crippen molar-refractivity contribution in [2.45, 2.75) is 38.6 Å². The smallest absolute Gasteiger partial charge is 0.251 e. The molecule has 104 valence electrons. The zero-order chi connectivity index (χ0) is 13.8. The van der Waals surface area contributed by atoms with Gasteiger partial charge in [-0.3, -0.25) is 4.79 Å². The molecule has 0 heterocycles. The monoisotopic (exact) mass is 327 g/mol. The lowest BCUT2D eigenvalue weighted by atomic mass is 9.85. The fourth-order valence-corrected chi connectivity index (χ4v) is 3.44. The van der Waals surface area contributed by atoms with Crippen molar-refractivity contribution in [3.05, 3.63) is 35.1 Å². The van der Waals surface area contributed by atoms with Crippen molar-refractivity contribution in [2.75, 3.05) is 5.33 Å². The van der Waals surface area contributed by atoms with E-state index in [-0.39, 0.29) is 17.8 Å². The van der Waals surface area contributed by atoms with E-state index in [2.05, 4.69) is 21.2 Å². The maximum absolute atomic E-state index is 13.2. The summed E-state index contributed by atoms with van der Waals surface area (Å²) in [5.74, 6) is -0.0437. The Morgan fingerprint density at radius 3 is 2.89 bits per heavy atom. The summed E-state index contributed by atoms with van der Waals surface area (Å²) in [4.78, 5) is 12.3. The van der Waals surface area contributed by atoms with Gasteiger partial charge in [0.2, 0.25) is 0 Å². The van der Waals surface area contributed by atoms with Crippen molar-refractivity contribution in [2.24, 2.45) is 5.92 Å². The Hall–Kier alpha value is -0.900. The fraction of sp³-hybridized carbons (Fsp3) is 0.533. The molecule has 2 rings (SSSR count). The van der Waals surface area contributed by atoms with Crippen LogP contribution in [-0.4, -0.2) is 17.3 Å². The molecule has 19 heavy (non-hydrogen) atoms. The van der Waals surface area contributed by atoms with Crippen LogP contribution in [0.15, 0.2) is 18.2 Å². The molecule has 2 atom stereocenters. The molecule has 1 aromatic rings. The number of nitrogens with one attached hydrogen (secondary N) is 1. The Labute approximate surface area is 121 Å². The molecule has 2 nitrogen and oxygen atoms in total. The van der Waals surface area contributed by atoms with Crippen LogP contribution in [0.5, 0.6) is 0 Å². The van der Waals surface area contributed by atoms with Crippen molar-refractivity contribution >= 4 is 21.8 Å². The topological polar surface area (TPSA) is 29.1 Å².